The van der Waals surface area contributed by atoms with Crippen molar-refractivity contribution in [1.29, 1.82) is 0 Å². The number of hydrogen-bond donors (Lipinski definition) is 3. The molecule has 2 rings (SSSR count). The molecule has 7 heteroatoms. The summed E-state index contributed by atoms with van der Waals surface area (Å²) in [6.07, 6.45) is 19.9. The lowest BCUT2D eigenvalue weighted by Gasteiger charge is -2.35. The summed E-state index contributed by atoms with van der Waals surface area (Å²) in [4.78, 5) is 41.3. The molecule has 0 bridgehead atoms. The highest BCUT2D eigenvalue weighted by molar-refractivity contribution is 5.82. The van der Waals surface area contributed by atoms with Crippen molar-refractivity contribution in [2.75, 3.05) is 32.7 Å². The Balaban J connectivity index is 2.17. The van der Waals surface area contributed by atoms with Gasteiger partial charge >= 0.3 is 5.97 Å². The smallest absolute Gasteiger partial charge is 0.303 e. The Morgan fingerprint density at radius 2 is 1.08 bits per heavy atom. The van der Waals surface area contributed by atoms with Gasteiger partial charge < -0.3 is 20.6 Å². The van der Waals surface area contributed by atoms with Crippen molar-refractivity contribution in [1.82, 2.24) is 15.5 Å². The van der Waals surface area contributed by atoms with Crippen LogP contribution in [0.2, 0.25) is 0 Å². The van der Waals surface area contributed by atoms with Crippen LogP contribution in [0.25, 0.3) is 0 Å². The topological polar surface area (TPSA) is 98.7 Å². The number of carbonyl (C=O) groups excluding carboxylic acids is 2. The van der Waals surface area contributed by atoms with Crippen molar-refractivity contribution in [2.24, 2.45) is 10.8 Å². The molecule has 60 heavy (non-hydrogen) atoms. The molecule has 0 aromatic heterocycles. The number of carboxylic acids is 1. The maximum Gasteiger partial charge on any atom is 0.303 e. The Hall–Kier alpha value is -3.19. The minimum absolute atomic E-state index is 0.113. The first kappa shape index (κ1) is 52.9. The molecule has 0 spiro atoms. The molecular formula is C53H89N3O4. The summed E-state index contributed by atoms with van der Waals surface area (Å²) in [5.41, 5.74) is 2.78. The zero-order chi connectivity index (χ0) is 44.2. The summed E-state index contributed by atoms with van der Waals surface area (Å²) in [6.45, 7) is 22.2. The fourth-order valence-electron chi connectivity index (χ4n) is 8.62. The summed E-state index contributed by atoms with van der Waals surface area (Å²) in [6, 6.07) is 19.9. The van der Waals surface area contributed by atoms with Crippen molar-refractivity contribution in [3.63, 3.8) is 0 Å². The number of hydrogen-bond acceptors (Lipinski definition) is 4. The first-order valence-electron chi connectivity index (χ1n) is 24.5. The van der Waals surface area contributed by atoms with Crippen LogP contribution in [0.3, 0.4) is 0 Å². The SMILES string of the molecule is CCCCN(CCCC)CCCNC(=O)C(C)(CC)CC(CC(CC(C)(C)C(=O)NCCCCCCCCCCCC(=O)O)c1ccc(C(C)CC)cc1)c1ccccc1. The molecule has 3 N–H and O–H groups in total. The van der Waals surface area contributed by atoms with Gasteiger partial charge in [0.1, 0.15) is 0 Å². The van der Waals surface area contributed by atoms with Gasteiger partial charge in [0.15, 0.2) is 0 Å². The Labute approximate surface area is 368 Å². The Bertz CT molecular complexity index is 1440. The minimum atomic E-state index is -0.700. The monoisotopic (exact) mass is 832 g/mol. The van der Waals surface area contributed by atoms with E-state index in [1.54, 1.807) is 0 Å². The fourth-order valence-corrected chi connectivity index (χ4v) is 8.62. The van der Waals surface area contributed by atoms with Gasteiger partial charge in [-0.1, -0.05) is 168 Å². The molecule has 340 valence electrons. The van der Waals surface area contributed by atoms with Crippen LogP contribution in [0.15, 0.2) is 54.6 Å². The normalized spacial score (nSPS) is 14.3. The first-order valence-corrected chi connectivity index (χ1v) is 24.5. The number of nitrogens with zero attached hydrogens (tertiary/aromatic N) is 1. The molecule has 0 fully saturated rings. The van der Waals surface area contributed by atoms with Crippen LogP contribution < -0.4 is 10.6 Å². The number of nitrogens with one attached hydrogen (secondary N) is 2. The molecule has 2 amide bonds. The Morgan fingerprint density at radius 1 is 0.600 bits per heavy atom. The fraction of sp³-hybridized carbons (Fsp3) is 0.717. The molecule has 7 nitrogen and oxygen atoms in total. The van der Waals surface area contributed by atoms with Crippen LogP contribution in [0.5, 0.6) is 0 Å². The zero-order valence-electron chi connectivity index (χ0n) is 39.7. The average molecular weight is 832 g/mol. The second-order valence-electron chi connectivity index (χ2n) is 19.0. The van der Waals surface area contributed by atoms with Crippen molar-refractivity contribution in [3.8, 4) is 0 Å². The molecule has 2 aromatic carbocycles. The molecule has 0 aliphatic heterocycles. The van der Waals surface area contributed by atoms with Crippen LogP contribution in [-0.2, 0) is 14.4 Å². The highest BCUT2D eigenvalue weighted by Gasteiger charge is 2.38. The third kappa shape index (κ3) is 20.6. The predicted octanol–water partition coefficient (Wildman–Crippen LogP) is 13.2. The second kappa shape index (κ2) is 30.0. The maximum absolute atomic E-state index is 14.1. The quantitative estimate of drug-likeness (QED) is 0.0601. The van der Waals surface area contributed by atoms with Gasteiger partial charge in [0.2, 0.25) is 11.8 Å². The van der Waals surface area contributed by atoms with Gasteiger partial charge in [-0.05, 0) is 118 Å². The number of amides is 2. The highest BCUT2D eigenvalue weighted by atomic mass is 16.4. The van der Waals surface area contributed by atoms with Crippen molar-refractivity contribution in [2.45, 2.75) is 202 Å². The van der Waals surface area contributed by atoms with Crippen LogP contribution >= 0.6 is 0 Å². The van der Waals surface area contributed by atoms with E-state index in [9.17, 15) is 14.4 Å². The van der Waals surface area contributed by atoms with Gasteiger partial charge in [0.25, 0.3) is 0 Å². The number of carbonyl (C=O) groups is 3. The van der Waals surface area contributed by atoms with E-state index in [1.165, 1.54) is 61.6 Å². The van der Waals surface area contributed by atoms with E-state index in [0.717, 1.165) is 96.7 Å². The van der Waals surface area contributed by atoms with Gasteiger partial charge in [-0.15, -0.1) is 0 Å². The van der Waals surface area contributed by atoms with Crippen molar-refractivity contribution < 1.29 is 19.5 Å². The van der Waals surface area contributed by atoms with E-state index < -0.39 is 16.8 Å². The Kier molecular flexibility index (Phi) is 26.4. The predicted molar refractivity (Wildman–Crippen MR) is 254 cm³/mol. The van der Waals surface area contributed by atoms with Gasteiger partial charge in [-0.3, -0.25) is 14.4 Å². The molecular weight excluding hydrogens is 743 g/mol. The second-order valence-corrected chi connectivity index (χ2v) is 19.0. The summed E-state index contributed by atoms with van der Waals surface area (Å²) in [5, 5.41) is 15.5. The van der Waals surface area contributed by atoms with Crippen LogP contribution in [-0.4, -0.2) is 60.5 Å². The van der Waals surface area contributed by atoms with Crippen molar-refractivity contribution in [3.05, 3.63) is 71.3 Å². The lowest BCUT2D eigenvalue weighted by atomic mass is 9.69. The molecule has 0 aliphatic carbocycles. The van der Waals surface area contributed by atoms with Crippen LogP contribution in [0.4, 0.5) is 0 Å². The average Bonchev–Trinajstić information content (AvgIpc) is 3.25. The van der Waals surface area contributed by atoms with E-state index in [0.29, 0.717) is 19.0 Å². The third-order valence-electron chi connectivity index (χ3n) is 13.3. The summed E-state index contributed by atoms with van der Waals surface area (Å²) >= 11 is 0. The van der Waals surface area contributed by atoms with Crippen LogP contribution in [0.1, 0.15) is 218 Å². The number of benzene rings is 2. The lowest BCUT2D eigenvalue weighted by Crippen LogP contribution is -2.41. The van der Waals surface area contributed by atoms with Gasteiger partial charge in [-0.25, -0.2) is 0 Å². The molecule has 2 aromatic rings. The number of unbranched alkanes of at least 4 members (excludes halogenated alkanes) is 10. The minimum Gasteiger partial charge on any atom is -0.481 e. The maximum atomic E-state index is 14.1. The van der Waals surface area contributed by atoms with E-state index >= 15 is 0 Å². The lowest BCUT2D eigenvalue weighted by molar-refractivity contribution is -0.137. The van der Waals surface area contributed by atoms with Crippen molar-refractivity contribution >= 4 is 17.8 Å². The number of rotatable bonds is 35. The summed E-state index contributed by atoms with van der Waals surface area (Å²) in [5.74, 6) is 0.334. The summed E-state index contributed by atoms with van der Waals surface area (Å²) < 4.78 is 0. The van der Waals surface area contributed by atoms with Gasteiger partial charge in [-0.2, -0.15) is 0 Å². The summed E-state index contributed by atoms with van der Waals surface area (Å²) in [7, 11) is 0. The van der Waals surface area contributed by atoms with E-state index in [4.69, 9.17) is 5.11 Å². The first-order chi connectivity index (χ1) is 28.8. The molecule has 0 saturated carbocycles. The van der Waals surface area contributed by atoms with Crippen LogP contribution in [0, 0.1) is 10.8 Å². The zero-order valence-corrected chi connectivity index (χ0v) is 39.7. The largest absolute Gasteiger partial charge is 0.481 e. The molecule has 0 heterocycles. The Morgan fingerprint density at radius 3 is 1.63 bits per heavy atom. The molecule has 4 atom stereocenters. The van der Waals surface area contributed by atoms with Gasteiger partial charge in [0, 0.05) is 30.3 Å². The third-order valence-corrected chi connectivity index (χ3v) is 13.3. The van der Waals surface area contributed by atoms with E-state index in [1.807, 2.05) is 0 Å². The molecule has 0 aliphatic rings. The highest BCUT2D eigenvalue weighted by Crippen LogP contribution is 2.44. The molecule has 0 radical (unpaired) electrons. The number of aliphatic carboxylic acids is 1. The number of carboxylic acid groups (broad SMARTS) is 1. The van der Waals surface area contributed by atoms with E-state index in [-0.39, 0.29) is 30.1 Å². The molecule has 0 saturated heterocycles. The standard InChI is InChI=1S/C53H89N3O4/c1-9-13-37-56(38-14-10-2)39-27-36-55-51(60)53(8,12-4)42-48(45-28-23-22-24-29-45)40-47(46-33-31-44(32-34-46)43(5)11-3)41-52(6,7)50(59)54-35-26-21-19-17-15-16-18-20-25-30-49(57)58/h22-24,28-29,31-34,43,47-48H,9-21,25-27,30,35-42H2,1-8H3,(H,54,59)(H,55,60)(H,57,58). The van der Waals surface area contributed by atoms with E-state index in [2.05, 4.69) is 126 Å². The molecule has 4 unspecified atom stereocenters. The van der Waals surface area contributed by atoms with Gasteiger partial charge in [0.05, 0.1) is 0 Å².